The second-order valence-corrected chi connectivity index (χ2v) is 7.17. The first-order chi connectivity index (χ1) is 9.69. The fraction of sp³-hybridized carbons (Fsp3) is 0.867. The third-order valence-electron chi connectivity index (χ3n) is 3.94. The van der Waals surface area contributed by atoms with Gasteiger partial charge in [0, 0.05) is 6.54 Å². The maximum Gasteiger partial charge on any atom is 0.410 e. The molecule has 2 atom stereocenters. The van der Waals surface area contributed by atoms with E-state index in [1.165, 1.54) is 0 Å². The van der Waals surface area contributed by atoms with E-state index >= 15 is 0 Å². The Morgan fingerprint density at radius 2 is 2.14 bits per heavy atom. The van der Waals surface area contributed by atoms with Crippen molar-refractivity contribution in [3.05, 3.63) is 0 Å². The lowest BCUT2D eigenvalue weighted by atomic mass is 9.86. The highest BCUT2D eigenvalue weighted by Gasteiger charge is 2.45. The average molecular weight is 299 g/mol. The van der Waals surface area contributed by atoms with Crippen LogP contribution in [-0.4, -0.2) is 53.0 Å². The molecule has 0 aliphatic carbocycles. The molecule has 0 aromatic heterocycles. The van der Waals surface area contributed by atoms with Crippen LogP contribution in [0.4, 0.5) is 4.79 Å². The number of amides is 1. The molecule has 2 saturated heterocycles. The zero-order chi connectivity index (χ0) is 15.7. The molecule has 1 amide bonds. The Balaban J connectivity index is 1.95. The minimum absolute atomic E-state index is 0.0427. The van der Waals surface area contributed by atoms with Crippen molar-refractivity contribution in [3.63, 3.8) is 0 Å². The van der Waals surface area contributed by atoms with Gasteiger partial charge < -0.3 is 19.5 Å². The molecule has 2 aliphatic heterocycles. The van der Waals surface area contributed by atoms with Gasteiger partial charge in [0.2, 0.25) is 0 Å². The molecule has 21 heavy (non-hydrogen) atoms. The van der Waals surface area contributed by atoms with Crippen molar-refractivity contribution in [1.29, 1.82) is 0 Å². The number of aliphatic carboxylic acids is 1. The normalized spacial score (nSPS) is 29.7. The predicted octanol–water partition coefficient (Wildman–Crippen LogP) is 2.27. The minimum Gasteiger partial charge on any atom is -0.481 e. The molecule has 2 fully saturated rings. The maximum atomic E-state index is 12.2. The molecule has 0 saturated carbocycles. The number of ether oxygens (including phenoxy) is 2. The number of carbonyl (C=O) groups excluding carboxylic acids is 1. The molecule has 6 nitrogen and oxygen atoms in total. The molecule has 1 N–H and O–H groups in total. The van der Waals surface area contributed by atoms with Crippen molar-refractivity contribution in [1.82, 2.24) is 4.90 Å². The first-order valence-corrected chi connectivity index (χ1v) is 7.53. The number of hydrogen-bond acceptors (Lipinski definition) is 4. The fourth-order valence-electron chi connectivity index (χ4n) is 3.18. The van der Waals surface area contributed by atoms with E-state index in [9.17, 15) is 9.59 Å². The molecule has 6 heteroatoms. The summed E-state index contributed by atoms with van der Waals surface area (Å²) in [5.74, 6) is -0.749. The zero-order valence-electron chi connectivity index (χ0n) is 13.1. The van der Waals surface area contributed by atoms with Crippen LogP contribution in [0.25, 0.3) is 0 Å². The number of nitrogens with zero attached hydrogens (tertiary/aromatic N) is 1. The standard InChI is InChI=1S/C15H25NO5/c1-14(2,3)21-13(19)16-6-4-5-15(10-16)8-11(9-20-15)7-12(17)18/h11H,4-10H2,1-3H3,(H,17,18)/t11-,15+/m0/s1. The van der Waals surface area contributed by atoms with Crippen LogP contribution in [0.15, 0.2) is 0 Å². The van der Waals surface area contributed by atoms with Crippen LogP contribution in [-0.2, 0) is 14.3 Å². The van der Waals surface area contributed by atoms with E-state index in [0.29, 0.717) is 26.1 Å². The maximum absolute atomic E-state index is 12.2. The lowest BCUT2D eigenvalue weighted by Gasteiger charge is -2.40. The zero-order valence-corrected chi connectivity index (χ0v) is 13.1. The molecule has 0 aromatic rings. The average Bonchev–Trinajstić information content (AvgIpc) is 2.69. The Hall–Kier alpha value is -1.30. The van der Waals surface area contributed by atoms with Crippen molar-refractivity contribution in [2.24, 2.45) is 5.92 Å². The van der Waals surface area contributed by atoms with Crippen LogP contribution in [0.2, 0.25) is 0 Å². The quantitative estimate of drug-likeness (QED) is 0.846. The Labute approximate surface area is 125 Å². The Kier molecular flexibility index (Phi) is 4.46. The molecule has 0 unspecified atom stereocenters. The van der Waals surface area contributed by atoms with Crippen LogP contribution >= 0.6 is 0 Å². The van der Waals surface area contributed by atoms with E-state index in [1.807, 2.05) is 20.8 Å². The second kappa shape index (κ2) is 5.83. The fourth-order valence-corrected chi connectivity index (χ4v) is 3.18. The number of piperidine rings is 1. The summed E-state index contributed by atoms with van der Waals surface area (Å²) in [6.07, 6.45) is 2.26. The highest BCUT2D eigenvalue weighted by molar-refractivity contribution is 5.68. The van der Waals surface area contributed by atoms with Crippen molar-refractivity contribution in [3.8, 4) is 0 Å². The summed E-state index contributed by atoms with van der Waals surface area (Å²) in [4.78, 5) is 24.7. The second-order valence-electron chi connectivity index (χ2n) is 7.17. The van der Waals surface area contributed by atoms with Crippen LogP contribution in [0, 0.1) is 5.92 Å². The Morgan fingerprint density at radius 3 is 2.76 bits per heavy atom. The predicted molar refractivity (Wildman–Crippen MR) is 76.1 cm³/mol. The summed E-state index contributed by atoms with van der Waals surface area (Å²) < 4.78 is 11.3. The lowest BCUT2D eigenvalue weighted by Crippen LogP contribution is -2.51. The van der Waals surface area contributed by atoms with E-state index in [1.54, 1.807) is 4.90 Å². The lowest BCUT2D eigenvalue weighted by molar-refractivity contribution is -0.138. The molecule has 1 spiro atoms. The summed E-state index contributed by atoms with van der Waals surface area (Å²) in [6.45, 7) is 7.18. The third kappa shape index (κ3) is 4.33. The Morgan fingerprint density at radius 1 is 1.43 bits per heavy atom. The first-order valence-electron chi connectivity index (χ1n) is 7.53. The van der Waals surface area contributed by atoms with Gasteiger partial charge in [0.15, 0.2) is 0 Å². The van der Waals surface area contributed by atoms with E-state index < -0.39 is 11.6 Å². The molecule has 0 aromatic carbocycles. The van der Waals surface area contributed by atoms with Gasteiger partial charge in [0.1, 0.15) is 5.60 Å². The number of hydrogen-bond donors (Lipinski definition) is 1. The van der Waals surface area contributed by atoms with Gasteiger partial charge in [-0.1, -0.05) is 0 Å². The highest BCUT2D eigenvalue weighted by atomic mass is 16.6. The van der Waals surface area contributed by atoms with Gasteiger partial charge in [0.05, 0.1) is 25.2 Å². The van der Waals surface area contributed by atoms with Gasteiger partial charge in [-0.15, -0.1) is 0 Å². The minimum atomic E-state index is -0.791. The first kappa shape index (κ1) is 16.1. The molecule has 0 bridgehead atoms. The molecule has 2 aliphatic rings. The molecule has 2 rings (SSSR count). The number of rotatable bonds is 2. The topological polar surface area (TPSA) is 76.1 Å². The largest absolute Gasteiger partial charge is 0.481 e. The number of carboxylic acid groups (broad SMARTS) is 1. The van der Waals surface area contributed by atoms with Gasteiger partial charge in [-0.25, -0.2) is 4.79 Å². The van der Waals surface area contributed by atoms with Gasteiger partial charge in [-0.2, -0.15) is 0 Å². The summed E-state index contributed by atoms with van der Waals surface area (Å²) in [7, 11) is 0. The summed E-state index contributed by atoms with van der Waals surface area (Å²) in [6, 6.07) is 0. The summed E-state index contributed by atoms with van der Waals surface area (Å²) in [5.41, 5.74) is -0.890. The summed E-state index contributed by atoms with van der Waals surface area (Å²) in [5, 5.41) is 8.89. The van der Waals surface area contributed by atoms with Crippen molar-refractivity contribution in [2.75, 3.05) is 19.7 Å². The monoisotopic (exact) mass is 299 g/mol. The van der Waals surface area contributed by atoms with Crippen molar-refractivity contribution >= 4 is 12.1 Å². The molecule has 0 radical (unpaired) electrons. The number of carbonyl (C=O) groups is 2. The molecular weight excluding hydrogens is 274 g/mol. The Bertz CT molecular complexity index is 417. The van der Waals surface area contributed by atoms with Crippen LogP contribution in [0.3, 0.4) is 0 Å². The smallest absolute Gasteiger partial charge is 0.410 e. The van der Waals surface area contributed by atoms with Gasteiger partial charge in [-0.3, -0.25) is 4.79 Å². The van der Waals surface area contributed by atoms with E-state index in [0.717, 1.165) is 12.8 Å². The van der Waals surface area contributed by atoms with Crippen LogP contribution < -0.4 is 0 Å². The van der Waals surface area contributed by atoms with Gasteiger partial charge in [-0.05, 0) is 46.0 Å². The van der Waals surface area contributed by atoms with Crippen LogP contribution in [0.5, 0.6) is 0 Å². The van der Waals surface area contributed by atoms with Gasteiger partial charge in [0.25, 0.3) is 0 Å². The van der Waals surface area contributed by atoms with Crippen molar-refractivity contribution < 1.29 is 24.2 Å². The number of carboxylic acids is 1. The van der Waals surface area contributed by atoms with Crippen molar-refractivity contribution in [2.45, 2.75) is 57.7 Å². The van der Waals surface area contributed by atoms with E-state index in [4.69, 9.17) is 14.6 Å². The molecule has 2 heterocycles. The van der Waals surface area contributed by atoms with Gasteiger partial charge >= 0.3 is 12.1 Å². The SMILES string of the molecule is CC(C)(C)OC(=O)N1CCC[C@@]2(C[C@H](CC(=O)O)CO2)C1. The van der Waals surface area contributed by atoms with E-state index in [-0.39, 0.29) is 24.0 Å². The van der Waals surface area contributed by atoms with E-state index in [2.05, 4.69) is 0 Å². The van der Waals surface area contributed by atoms with Crippen LogP contribution in [0.1, 0.15) is 46.5 Å². The molecule has 120 valence electrons. The summed E-state index contributed by atoms with van der Waals surface area (Å²) >= 11 is 0. The molecular formula is C15H25NO5. The highest BCUT2D eigenvalue weighted by Crippen LogP contribution is 2.38. The number of likely N-dealkylation sites (tertiary alicyclic amines) is 1. The third-order valence-corrected chi connectivity index (χ3v) is 3.94.